The highest BCUT2D eigenvalue weighted by molar-refractivity contribution is 6.05. The first kappa shape index (κ1) is 31.8. The van der Waals surface area contributed by atoms with Crippen LogP contribution in [0.5, 0.6) is 0 Å². The fraction of sp³-hybridized carbons (Fsp3) is 0.400. The van der Waals surface area contributed by atoms with Gasteiger partial charge < -0.3 is 21.1 Å². The van der Waals surface area contributed by atoms with E-state index in [0.717, 1.165) is 5.56 Å². The minimum absolute atomic E-state index is 0.0236. The minimum atomic E-state index is -1.04. The molecule has 1 aliphatic heterocycles. The fourth-order valence-electron chi connectivity index (χ4n) is 5.14. The predicted molar refractivity (Wildman–Crippen MR) is 158 cm³/mol. The fourth-order valence-corrected chi connectivity index (χ4v) is 5.14. The van der Waals surface area contributed by atoms with E-state index in [0.29, 0.717) is 24.1 Å². The Kier molecular flexibility index (Phi) is 10.7. The number of nitrogens with one attached hydrogen (secondary N) is 4. The van der Waals surface area contributed by atoms with Crippen LogP contribution in [0.4, 0.5) is 5.69 Å². The van der Waals surface area contributed by atoms with Crippen molar-refractivity contribution in [3.05, 3.63) is 71.5 Å². The van der Waals surface area contributed by atoms with Crippen LogP contribution in [0.3, 0.4) is 0 Å². The maximum absolute atomic E-state index is 13.5. The zero-order valence-corrected chi connectivity index (χ0v) is 24.5. The largest absolute Gasteiger partial charge is 0.481 e. The van der Waals surface area contributed by atoms with E-state index in [2.05, 4.69) is 36.6 Å². The van der Waals surface area contributed by atoms with E-state index in [9.17, 15) is 29.1 Å². The molecule has 4 atom stereocenters. The summed E-state index contributed by atoms with van der Waals surface area (Å²) in [6.45, 7) is 3.30. The lowest BCUT2D eigenvalue weighted by atomic mass is 9.93. The molecule has 44 heavy (non-hydrogen) atoms. The first-order valence-electron chi connectivity index (χ1n) is 14.4. The number of tetrazole rings is 1. The average molecular weight is 605 g/mol. The molecule has 232 valence electrons. The summed E-state index contributed by atoms with van der Waals surface area (Å²) in [7, 11) is 0. The van der Waals surface area contributed by atoms with Gasteiger partial charge in [0, 0.05) is 18.5 Å². The van der Waals surface area contributed by atoms with Gasteiger partial charge in [-0.25, -0.2) is 0 Å². The van der Waals surface area contributed by atoms with E-state index < -0.39 is 54.1 Å². The second kappa shape index (κ2) is 14.8. The number of benzene rings is 2. The van der Waals surface area contributed by atoms with Gasteiger partial charge in [0.05, 0.1) is 19.0 Å². The molecule has 1 aromatic heterocycles. The third-order valence-electron chi connectivity index (χ3n) is 7.74. The number of carbonyl (C=O) groups excluding carboxylic acids is 4. The zero-order chi connectivity index (χ0) is 31.6. The Hall–Kier alpha value is -5.14. The topological polar surface area (TPSA) is 199 Å². The maximum Gasteiger partial charge on any atom is 0.310 e. The number of H-pyrrole nitrogens is 1. The van der Waals surface area contributed by atoms with Crippen molar-refractivity contribution in [2.75, 3.05) is 11.4 Å². The van der Waals surface area contributed by atoms with Crippen molar-refractivity contribution in [3.63, 3.8) is 0 Å². The van der Waals surface area contributed by atoms with Crippen molar-refractivity contribution in [2.24, 2.45) is 5.92 Å². The van der Waals surface area contributed by atoms with E-state index in [1.165, 1.54) is 4.90 Å². The standard InChI is InChI=1S/C30H36N8O6/c1-3-18(2)27(33-25(39)14-13-21(30(43)44)19-9-5-4-6-10-19)29(42)32-17-26(40)38-22-12-8-7-11-20(22)15-23(38)28(41)31-16-24-34-36-37-35-24/h4-12,18,21,23,27H,3,13-17H2,1-2H3,(H,31,41)(H,32,42)(H,33,39)(H,43,44)(H,34,35,36,37)/t18?,21?,23-,27?/m0/s1. The minimum Gasteiger partial charge on any atom is -0.481 e. The number of aromatic amines is 1. The number of aromatic nitrogens is 4. The van der Waals surface area contributed by atoms with E-state index in [1.807, 2.05) is 19.1 Å². The Balaban J connectivity index is 1.38. The van der Waals surface area contributed by atoms with E-state index in [1.54, 1.807) is 49.4 Å². The third-order valence-corrected chi connectivity index (χ3v) is 7.74. The molecule has 3 unspecified atom stereocenters. The Labute approximate surface area is 254 Å². The van der Waals surface area contributed by atoms with E-state index in [-0.39, 0.29) is 31.1 Å². The van der Waals surface area contributed by atoms with Crippen molar-refractivity contribution >= 4 is 35.3 Å². The van der Waals surface area contributed by atoms with Crippen molar-refractivity contribution in [1.29, 1.82) is 0 Å². The van der Waals surface area contributed by atoms with Crippen LogP contribution in [0.15, 0.2) is 54.6 Å². The van der Waals surface area contributed by atoms with Gasteiger partial charge in [-0.05, 0) is 29.5 Å². The zero-order valence-electron chi connectivity index (χ0n) is 24.5. The number of carboxylic acids is 1. The van der Waals surface area contributed by atoms with Gasteiger partial charge in [0.1, 0.15) is 12.1 Å². The normalized spacial score (nSPS) is 15.9. The SMILES string of the molecule is CCC(C)C(NC(=O)CCC(C(=O)O)c1ccccc1)C(=O)NCC(=O)N1c2ccccc2C[C@H]1C(=O)NCc1nn[nH]n1. The van der Waals surface area contributed by atoms with Crippen LogP contribution >= 0.6 is 0 Å². The molecule has 2 heterocycles. The van der Waals surface area contributed by atoms with Crippen LogP contribution < -0.4 is 20.9 Å². The van der Waals surface area contributed by atoms with Gasteiger partial charge in [-0.15, -0.1) is 10.2 Å². The summed E-state index contributed by atoms with van der Waals surface area (Å²) in [4.78, 5) is 65.9. The molecule has 1 aliphatic rings. The summed E-state index contributed by atoms with van der Waals surface area (Å²) in [6.07, 6.45) is 0.815. The van der Waals surface area contributed by atoms with Crippen LogP contribution in [0.25, 0.3) is 0 Å². The first-order chi connectivity index (χ1) is 21.2. The molecule has 4 rings (SSSR count). The Morgan fingerprint density at radius 3 is 2.45 bits per heavy atom. The highest BCUT2D eigenvalue weighted by Gasteiger charge is 2.38. The average Bonchev–Trinajstić information content (AvgIpc) is 3.69. The number of amides is 4. The quantitative estimate of drug-likeness (QED) is 0.179. The third kappa shape index (κ3) is 7.82. The number of fused-ring (bicyclic) bond motifs is 1. The lowest BCUT2D eigenvalue weighted by Crippen LogP contribution is -2.54. The Bertz CT molecular complexity index is 1470. The number of rotatable bonds is 14. The van der Waals surface area contributed by atoms with Crippen molar-refractivity contribution in [3.8, 4) is 0 Å². The molecular weight excluding hydrogens is 568 g/mol. The van der Waals surface area contributed by atoms with Crippen molar-refractivity contribution < 1.29 is 29.1 Å². The number of carboxylic acid groups (broad SMARTS) is 1. The second-order valence-corrected chi connectivity index (χ2v) is 10.6. The monoisotopic (exact) mass is 604 g/mol. The Morgan fingerprint density at radius 2 is 1.77 bits per heavy atom. The summed E-state index contributed by atoms with van der Waals surface area (Å²) in [5.41, 5.74) is 1.98. The van der Waals surface area contributed by atoms with Crippen LogP contribution in [0.2, 0.25) is 0 Å². The van der Waals surface area contributed by atoms with E-state index >= 15 is 0 Å². The number of para-hydroxylation sites is 1. The number of aliphatic carboxylic acids is 1. The number of anilines is 1. The summed E-state index contributed by atoms with van der Waals surface area (Å²) in [5.74, 6) is -3.81. The maximum atomic E-state index is 13.5. The summed E-state index contributed by atoms with van der Waals surface area (Å²) >= 11 is 0. The molecule has 0 fully saturated rings. The van der Waals surface area contributed by atoms with Gasteiger partial charge in [0.15, 0.2) is 5.82 Å². The molecule has 4 amide bonds. The van der Waals surface area contributed by atoms with Gasteiger partial charge in [-0.2, -0.15) is 5.21 Å². The van der Waals surface area contributed by atoms with E-state index in [4.69, 9.17) is 0 Å². The molecule has 0 saturated carbocycles. The molecule has 0 bridgehead atoms. The van der Waals surface area contributed by atoms with Crippen molar-refractivity contribution in [1.82, 2.24) is 36.6 Å². The summed E-state index contributed by atoms with van der Waals surface area (Å²) in [5, 5.41) is 31.1. The molecule has 0 aliphatic carbocycles. The van der Waals surface area contributed by atoms with Gasteiger partial charge in [-0.1, -0.05) is 74.0 Å². The number of nitrogens with zero attached hydrogens (tertiary/aromatic N) is 4. The van der Waals surface area contributed by atoms with Gasteiger partial charge >= 0.3 is 5.97 Å². The Morgan fingerprint density at radius 1 is 1.05 bits per heavy atom. The van der Waals surface area contributed by atoms with Gasteiger partial charge in [0.2, 0.25) is 23.6 Å². The van der Waals surface area contributed by atoms with Crippen LogP contribution in [0, 0.1) is 5.92 Å². The highest BCUT2D eigenvalue weighted by Crippen LogP contribution is 2.32. The molecule has 2 aromatic carbocycles. The predicted octanol–water partition coefficient (Wildman–Crippen LogP) is 1.07. The summed E-state index contributed by atoms with van der Waals surface area (Å²) < 4.78 is 0. The highest BCUT2D eigenvalue weighted by atomic mass is 16.4. The lowest BCUT2D eigenvalue weighted by molar-refractivity contribution is -0.139. The number of hydrogen-bond donors (Lipinski definition) is 5. The second-order valence-electron chi connectivity index (χ2n) is 10.6. The number of hydrogen-bond acceptors (Lipinski definition) is 8. The molecule has 3 aromatic rings. The molecule has 14 nitrogen and oxygen atoms in total. The smallest absolute Gasteiger partial charge is 0.310 e. The van der Waals surface area contributed by atoms with Gasteiger partial charge in [0.25, 0.3) is 0 Å². The first-order valence-corrected chi connectivity index (χ1v) is 14.4. The molecule has 0 radical (unpaired) electrons. The number of carbonyl (C=O) groups is 5. The molecule has 0 saturated heterocycles. The molecular formula is C30H36N8O6. The molecule has 5 N–H and O–H groups in total. The van der Waals surface area contributed by atoms with Gasteiger partial charge in [-0.3, -0.25) is 28.9 Å². The van der Waals surface area contributed by atoms with Crippen LogP contribution in [-0.4, -0.2) is 74.0 Å². The molecule has 0 spiro atoms. The van der Waals surface area contributed by atoms with Crippen LogP contribution in [0.1, 0.15) is 56.0 Å². The molecule has 14 heteroatoms. The van der Waals surface area contributed by atoms with Crippen molar-refractivity contribution in [2.45, 2.75) is 64.1 Å². The lowest BCUT2D eigenvalue weighted by Gasteiger charge is -2.27. The summed E-state index contributed by atoms with van der Waals surface area (Å²) in [6, 6.07) is 14.0. The van der Waals surface area contributed by atoms with Crippen LogP contribution in [-0.2, 0) is 36.9 Å².